The average molecular weight is 506 g/mol. The van der Waals surface area contributed by atoms with Crippen LogP contribution >= 0.6 is 11.6 Å². The predicted molar refractivity (Wildman–Crippen MR) is 129 cm³/mol. The van der Waals surface area contributed by atoms with E-state index < -0.39 is 40.0 Å². The van der Waals surface area contributed by atoms with Gasteiger partial charge in [0.15, 0.2) is 0 Å². The van der Waals surface area contributed by atoms with Gasteiger partial charge in [-0.25, -0.2) is 12.7 Å². The molecule has 0 spiro atoms. The average Bonchev–Trinajstić information content (AvgIpc) is 2.94. The molecule has 1 aliphatic rings. The molecular formula is C24H28ClN3O5S. The first-order valence-electron chi connectivity index (χ1n) is 10.9. The summed E-state index contributed by atoms with van der Waals surface area (Å²) in [6.07, 6.45) is 0.294. The van der Waals surface area contributed by atoms with Crippen molar-refractivity contribution in [3.05, 3.63) is 64.7 Å². The molecule has 3 rings (SSSR count). The van der Waals surface area contributed by atoms with Gasteiger partial charge >= 0.3 is 0 Å². The van der Waals surface area contributed by atoms with E-state index in [0.29, 0.717) is 21.3 Å². The Hall–Kier alpha value is -2.91. The van der Waals surface area contributed by atoms with E-state index in [1.165, 1.54) is 23.1 Å². The molecule has 10 heteroatoms. The van der Waals surface area contributed by atoms with Crippen LogP contribution in [-0.2, 0) is 26.2 Å². The minimum absolute atomic E-state index is 0.0251. The number of carbonyl (C=O) groups excluding carboxylic acids is 3. The number of rotatable bonds is 7. The van der Waals surface area contributed by atoms with Crippen molar-refractivity contribution in [2.24, 2.45) is 0 Å². The number of benzene rings is 2. The van der Waals surface area contributed by atoms with Crippen LogP contribution in [0.5, 0.6) is 0 Å². The molecule has 0 radical (unpaired) electrons. The largest absolute Gasteiger partial charge is 0.350 e. The van der Waals surface area contributed by atoms with Gasteiger partial charge in [-0.2, -0.15) is 0 Å². The van der Waals surface area contributed by atoms with Crippen LogP contribution in [-0.4, -0.2) is 53.5 Å². The van der Waals surface area contributed by atoms with Gasteiger partial charge in [-0.1, -0.05) is 42.8 Å². The van der Waals surface area contributed by atoms with Gasteiger partial charge in [-0.15, -0.1) is 0 Å². The molecule has 1 heterocycles. The summed E-state index contributed by atoms with van der Waals surface area (Å²) in [5.74, 6) is -1.78. The van der Waals surface area contributed by atoms with E-state index in [4.69, 9.17) is 11.6 Å². The Morgan fingerprint density at radius 2 is 1.71 bits per heavy atom. The van der Waals surface area contributed by atoms with Crippen molar-refractivity contribution in [2.45, 2.75) is 57.1 Å². The monoisotopic (exact) mass is 505 g/mol. The van der Waals surface area contributed by atoms with Gasteiger partial charge < -0.3 is 10.2 Å². The molecule has 1 N–H and O–H groups in total. The lowest BCUT2D eigenvalue weighted by Gasteiger charge is -2.33. The topological polar surface area (TPSA) is 104 Å². The second kappa shape index (κ2) is 9.76. The molecule has 0 aromatic heterocycles. The van der Waals surface area contributed by atoms with Crippen molar-refractivity contribution in [1.82, 2.24) is 14.5 Å². The fourth-order valence-corrected chi connectivity index (χ4v) is 5.40. The number of hydrogen-bond donors (Lipinski definition) is 1. The molecule has 0 fully saturated rings. The van der Waals surface area contributed by atoms with Gasteiger partial charge in [0, 0.05) is 17.1 Å². The molecule has 2 aromatic rings. The Morgan fingerprint density at radius 3 is 2.26 bits per heavy atom. The number of carbonyl (C=O) groups is 3. The lowest BCUT2D eigenvalue weighted by molar-refractivity contribution is -0.141. The van der Waals surface area contributed by atoms with Crippen LogP contribution in [0, 0.1) is 0 Å². The Morgan fingerprint density at radius 1 is 1.09 bits per heavy atom. The lowest BCUT2D eigenvalue weighted by Crippen LogP contribution is -2.55. The SMILES string of the molecule is CCC(C(=O)NC(C)(C)C)N(Cc1ccc(Cl)cc1)C(=O)CN1C(=O)c2ccccc2S1(=O)=O. The highest BCUT2D eigenvalue weighted by Gasteiger charge is 2.43. The molecule has 34 heavy (non-hydrogen) atoms. The van der Waals surface area contributed by atoms with Crippen molar-refractivity contribution in [2.75, 3.05) is 6.54 Å². The molecule has 0 bridgehead atoms. The Labute approximate surface area is 204 Å². The first-order valence-corrected chi connectivity index (χ1v) is 12.7. The Kier molecular flexibility index (Phi) is 7.38. The van der Waals surface area contributed by atoms with Crippen LogP contribution in [0.3, 0.4) is 0 Å². The Bertz CT molecular complexity index is 1210. The highest BCUT2D eigenvalue weighted by molar-refractivity contribution is 7.90. The van der Waals surface area contributed by atoms with Crippen LogP contribution in [0.25, 0.3) is 0 Å². The van der Waals surface area contributed by atoms with Gasteiger partial charge in [0.2, 0.25) is 11.8 Å². The van der Waals surface area contributed by atoms with E-state index in [1.807, 2.05) is 20.8 Å². The van der Waals surface area contributed by atoms with Crippen LogP contribution in [0.1, 0.15) is 50.0 Å². The zero-order chi connectivity index (χ0) is 25.3. The van der Waals surface area contributed by atoms with Gasteiger partial charge in [0.1, 0.15) is 17.5 Å². The van der Waals surface area contributed by atoms with Gasteiger partial charge in [0.25, 0.3) is 15.9 Å². The van der Waals surface area contributed by atoms with Crippen LogP contribution < -0.4 is 5.32 Å². The maximum absolute atomic E-state index is 13.5. The minimum atomic E-state index is -4.17. The highest BCUT2D eigenvalue weighted by atomic mass is 35.5. The second-order valence-corrected chi connectivity index (χ2v) is 11.4. The predicted octanol–water partition coefficient (Wildman–Crippen LogP) is 3.21. The van der Waals surface area contributed by atoms with E-state index in [-0.39, 0.29) is 22.9 Å². The molecule has 1 aliphatic heterocycles. The highest BCUT2D eigenvalue weighted by Crippen LogP contribution is 2.30. The molecular weight excluding hydrogens is 478 g/mol. The first-order chi connectivity index (χ1) is 15.8. The summed E-state index contributed by atoms with van der Waals surface area (Å²) in [7, 11) is -4.17. The van der Waals surface area contributed by atoms with Gasteiger partial charge in [-0.3, -0.25) is 14.4 Å². The van der Waals surface area contributed by atoms with Crippen molar-refractivity contribution in [1.29, 1.82) is 0 Å². The first kappa shape index (κ1) is 25.7. The van der Waals surface area contributed by atoms with Crippen molar-refractivity contribution in [3.8, 4) is 0 Å². The molecule has 3 amide bonds. The van der Waals surface area contributed by atoms with E-state index in [2.05, 4.69) is 5.32 Å². The molecule has 0 saturated heterocycles. The molecule has 1 atom stereocenters. The number of nitrogens with zero attached hydrogens (tertiary/aromatic N) is 2. The van der Waals surface area contributed by atoms with Crippen molar-refractivity contribution >= 4 is 39.3 Å². The number of sulfonamides is 1. The molecule has 2 aromatic carbocycles. The van der Waals surface area contributed by atoms with Gasteiger partial charge in [-0.05, 0) is 57.0 Å². The summed E-state index contributed by atoms with van der Waals surface area (Å²) >= 11 is 5.97. The van der Waals surface area contributed by atoms with Crippen LogP contribution in [0.15, 0.2) is 53.4 Å². The third-order valence-electron chi connectivity index (χ3n) is 5.34. The zero-order valence-electron chi connectivity index (χ0n) is 19.5. The summed E-state index contributed by atoms with van der Waals surface area (Å²) in [5, 5.41) is 3.40. The van der Waals surface area contributed by atoms with E-state index in [0.717, 1.165) is 0 Å². The minimum Gasteiger partial charge on any atom is -0.350 e. The molecule has 0 aliphatic carbocycles. The number of halogens is 1. The lowest BCUT2D eigenvalue weighted by atomic mass is 10.1. The maximum Gasteiger partial charge on any atom is 0.269 e. The van der Waals surface area contributed by atoms with Gasteiger partial charge in [0.05, 0.1) is 5.56 Å². The molecule has 0 saturated carbocycles. The second-order valence-electron chi connectivity index (χ2n) is 9.12. The molecule has 1 unspecified atom stereocenters. The number of hydrogen-bond acceptors (Lipinski definition) is 5. The van der Waals surface area contributed by atoms with Crippen LogP contribution in [0.2, 0.25) is 5.02 Å². The third-order valence-corrected chi connectivity index (χ3v) is 7.38. The van der Waals surface area contributed by atoms with E-state index in [1.54, 1.807) is 37.3 Å². The summed E-state index contributed by atoms with van der Waals surface area (Å²) in [4.78, 5) is 40.5. The summed E-state index contributed by atoms with van der Waals surface area (Å²) in [5.41, 5.74) is 0.200. The number of amides is 3. The summed E-state index contributed by atoms with van der Waals surface area (Å²) in [6.45, 7) is 6.59. The quantitative estimate of drug-likeness (QED) is 0.622. The molecule has 8 nitrogen and oxygen atoms in total. The summed E-state index contributed by atoms with van der Waals surface area (Å²) < 4.78 is 26.5. The zero-order valence-corrected chi connectivity index (χ0v) is 21.1. The fraction of sp³-hybridized carbons (Fsp3) is 0.375. The normalized spacial score (nSPS) is 15.6. The van der Waals surface area contributed by atoms with Crippen molar-refractivity contribution < 1.29 is 22.8 Å². The van der Waals surface area contributed by atoms with Crippen LogP contribution in [0.4, 0.5) is 0 Å². The number of nitrogens with one attached hydrogen (secondary N) is 1. The smallest absolute Gasteiger partial charge is 0.269 e. The van der Waals surface area contributed by atoms with E-state index >= 15 is 0 Å². The summed E-state index contributed by atoms with van der Waals surface area (Å²) in [6, 6.07) is 11.8. The Balaban J connectivity index is 1.93. The third kappa shape index (κ3) is 5.42. The molecule has 182 valence electrons. The van der Waals surface area contributed by atoms with Crippen molar-refractivity contribution in [3.63, 3.8) is 0 Å². The van der Waals surface area contributed by atoms with E-state index in [9.17, 15) is 22.8 Å². The fourth-order valence-electron chi connectivity index (χ4n) is 3.76. The standard InChI is InChI=1S/C24H28ClN3O5S/c1-5-19(22(30)26-24(2,3)4)27(14-16-10-12-17(25)13-11-16)21(29)15-28-23(31)18-8-6-7-9-20(18)34(28,32)33/h6-13,19H,5,14-15H2,1-4H3,(H,26,30). The maximum atomic E-state index is 13.5. The number of fused-ring (bicyclic) bond motifs is 1.